The first kappa shape index (κ1) is 21.7. The van der Waals surface area contributed by atoms with Gasteiger partial charge >= 0.3 is 0 Å². The highest BCUT2D eigenvalue weighted by atomic mass is 32.2. The van der Waals surface area contributed by atoms with E-state index in [2.05, 4.69) is 31.0 Å². The van der Waals surface area contributed by atoms with E-state index in [1.165, 1.54) is 23.1 Å². The van der Waals surface area contributed by atoms with Crippen LogP contribution in [0.3, 0.4) is 0 Å². The van der Waals surface area contributed by atoms with Crippen molar-refractivity contribution in [1.82, 2.24) is 25.0 Å². The first-order chi connectivity index (χ1) is 14.5. The number of hydrogen-bond acceptors (Lipinski definition) is 9. The smallest absolute Gasteiger partial charge is 0.236 e. The van der Waals surface area contributed by atoms with Crippen molar-refractivity contribution in [1.29, 1.82) is 0 Å². The van der Waals surface area contributed by atoms with E-state index in [1.807, 2.05) is 18.4 Å². The Balaban J connectivity index is 1.57. The number of hydrogen-bond donors (Lipinski definition) is 2. The summed E-state index contributed by atoms with van der Waals surface area (Å²) in [6.45, 7) is 4.33. The number of amides is 2. The van der Waals surface area contributed by atoms with E-state index in [1.54, 1.807) is 31.4 Å². The predicted octanol–water partition coefficient (Wildman–Crippen LogP) is 2.38. The highest BCUT2D eigenvalue weighted by Gasteiger charge is 2.16. The van der Waals surface area contributed by atoms with Crippen molar-refractivity contribution in [2.45, 2.75) is 32.0 Å². The third-order valence-electron chi connectivity index (χ3n) is 3.89. The molecule has 158 valence electrons. The monoisotopic (exact) mass is 447 g/mol. The van der Waals surface area contributed by atoms with E-state index < -0.39 is 0 Å². The topological polar surface area (TPSA) is 124 Å². The van der Waals surface area contributed by atoms with Gasteiger partial charge in [0.15, 0.2) is 5.16 Å². The van der Waals surface area contributed by atoms with Crippen molar-refractivity contribution in [2.75, 3.05) is 23.5 Å². The zero-order valence-corrected chi connectivity index (χ0v) is 18.3. The van der Waals surface area contributed by atoms with E-state index in [9.17, 15) is 9.59 Å². The van der Waals surface area contributed by atoms with Gasteiger partial charge in [0.2, 0.25) is 16.9 Å². The number of rotatable bonds is 9. The number of aromatic nitrogens is 5. The van der Waals surface area contributed by atoms with Gasteiger partial charge in [0.1, 0.15) is 16.6 Å². The fourth-order valence-corrected chi connectivity index (χ4v) is 3.99. The van der Waals surface area contributed by atoms with Gasteiger partial charge < -0.3 is 14.6 Å². The summed E-state index contributed by atoms with van der Waals surface area (Å²) in [5, 5.41) is 23.3. The Labute approximate surface area is 181 Å². The molecule has 0 aliphatic carbocycles. The van der Waals surface area contributed by atoms with Gasteiger partial charge in [0, 0.05) is 18.3 Å². The summed E-state index contributed by atoms with van der Waals surface area (Å²) < 4.78 is 6.98. The molecule has 12 heteroatoms. The molecule has 10 nitrogen and oxygen atoms in total. The lowest BCUT2D eigenvalue weighted by Gasteiger charge is -2.09. The van der Waals surface area contributed by atoms with Crippen LogP contribution in [-0.2, 0) is 22.6 Å². The molecule has 2 amide bonds. The molecule has 0 unspecified atom stereocenters. The zero-order chi connectivity index (χ0) is 21.5. The second-order valence-corrected chi connectivity index (χ2v) is 8.19. The molecule has 0 saturated heterocycles. The number of nitrogens with zero attached hydrogens (tertiary/aromatic N) is 5. The molecule has 2 N–H and O–H groups in total. The Bertz CT molecular complexity index is 1030. The van der Waals surface area contributed by atoms with Crippen molar-refractivity contribution in [2.24, 2.45) is 0 Å². The molecule has 0 saturated carbocycles. The molecular weight excluding hydrogens is 426 g/mol. The molecule has 0 aliphatic rings. The molecule has 0 radical (unpaired) electrons. The Hall–Kier alpha value is -2.99. The average molecular weight is 448 g/mol. The van der Waals surface area contributed by atoms with Crippen molar-refractivity contribution < 1.29 is 14.3 Å². The van der Waals surface area contributed by atoms with Crippen LogP contribution in [0.4, 0.5) is 10.8 Å². The third kappa shape index (κ3) is 5.76. The van der Waals surface area contributed by atoms with E-state index in [4.69, 9.17) is 4.74 Å². The number of benzene rings is 1. The van der Waals surface area contributed by atoms with Gasteiger partial charge in [0.05, 0.1) is 19.3 Å². The highest BCUT2D eigenvalue weighted by molar-refractivity contribution is 7.99. The van der Waals surface area contributed by atoms with E-state index in [0.717, 1.165) is 5.01 Å². The number of nitrogens with one attached hydrogen (secondary N) is 2. The maximum absolute atomic E-state index is 12.4. The minimum Gasteiger partial charge on any atom is -0.497 e. The van der Waals surface area contributed by atoms with Crippen molar-refractivity contribution >= 4 is 45.7 Å². The molecule has 0 aliphatic heterocycles. The van der Waals surface area contributed by atoms with Crippen LogP contribution < -0.4 is 15.4 Å². The number of carbonyl (C=O) groups excluding carboxylic acids is 2. The number of carbonyl (C=O) groups is 2. The molecule has 1 aromatic carbocycles. The van der Waals surface area contributed by atoms with Crippen LogP contribution in [0.25, 0.3) is 0 Å². The molecule has 3 rings (SSSR count). The fraction of sp³-hybridized carbons (Fsp3) is 0.333. The Morgan fingerprint density at radius 3 is 2.70 bits per heavy atom. The Morgan fingerprint density at radius 1 is 1.17 bits per heavy atom. The van der Waals surface area contributed by atoms with Gasteiger partial charge in [-0.05, 0) is 26.0 Å². The summed E-state index contributed by atoms with van der Waals surface area (Å²) >= 11 is 2.56. The van der Waals surface area contributed by atoms with Gasteiger partial charge in [-0.25, -0.2) is 0 Å². The van der Waals surface area contributed by atoms with Gasteiger partial charge in [-0.1, -0.05) is 29.2 Å². The Kier molecular flexibility index (Phi) is 7.36. The van der Waals surface area contributed by atoms with Gasteiger partial charge in [-0.3, -0.25) is 14.9 Å². The van der Waals surface area contributed by atoms with E-state index >= 15 is 0 Å². The zero-order valence-electron chi connectivity index (χ0n) is 16.7. The van der Waals surface area contributed by atoms with Crippen LogP contribution in [0.1, 0.15) is 17.8 Å². The molecule has 0 atom stereocenters. The lowest BCUT2D eigenvalue weighted by atomic mass is 10.3. The Morgan fingerprint density at radius 2 is 2.00 bits per heavy atom. The van der Waals surface area contributed by atoms with Gasteiger partial charge in [-0.2, -0.15) is 0 Å². The first-order valence-corrected chi connectivity index (χ1v) is 10.9. The molecule has 0 bridgehead atoms. The fourth-order valence-electron chi connectivity index (χ4n) is 2.56. The lowest BCUT2D eigenvalue weighted by Crippen LogP contribution is -2.18. The van der Waals surface area contributed by atoms with Gasteiger partial charge in [0.25, 0.3) is 0 Å². The van der Waals surface area contributed by atoms with E-state index in [-0.39, 0.29) is 24.0 Å². The van der Waals surface area contributed by atoms with Crippen molar-refractivity contribution in [3.8, 4) is 5.75 Å². The first-order valence-electron chi connectivity index (χ1n) is 9.07. The summed E-state index contributed by atoms with van der Waals surface area (Å²) in [6.07, 6.45) is 0.0644. The second-order valence-electron chi connectivity index (χ2n) is 6.06. The van der Waals surface area contributed by atoms with Crippen LogP contribution in [0.15, 0.2) is 29.4 Å². The molecule has 3 aromatic rings. The summed E-state index contributed by atoms with van der Waals surface area (Å²) in [5.74, 6) is 0.906. The summed E-state index contributed by atoms with van der Waals surface area (Å²) in [6, 6.07) is 7.12. The molecule has 2 heterocycles. The lowest BCUT2D eigenvalue weighted by molar-refractivity contribution is -0.116. The second kappa shape index (κ2) is 10.2. The summed E-state index contributed by atoms with van der Waals surface area (Å²) in [5.41, 5.74) is 0.639. The van der Waals surface area contributed by atoms with Crippen LogP contribution in [0, 0.1) is 6.92 Å². The molecule has 30 heavy (non-hydrogen) atoms. The van der Waals surface area contributed by atoms with E-state index in [0.29, 0.717) is 34.1 Å². The normalized spacial score (nSPS) is 10.6. The van der Waals surface area contributed by atoms with Crippen molar-refractivity contribution in [3.63, 3.8) is 0 Å². The quantitative estimate of drug-likeness (QED) is 0.479. The van der Waals surface area contributed by atoms with Crippen molar-refractivity contribution in [3.05, 3.63) is 35.1 Å². The number of thioether (sulfide) groups is 1. The van der Waals surface area contributed by atoms with Crippen LogP contribution in [-0.4, -0.2) is 49.6 Å². The summed E-state index contributed by atoms with van der Waals surface area (Å²) in [4.78, 5) is 24.5. The number of methoxy groups -OCH3 is 1. The largest absolute Gasteiger partial charge is 0.497 e. The average Bonchev–Trinajstić information content (AvgIpc) is 3.31. The summed E-state index contributed by atoms with van der Waals surface area (Å²) in [7, 11) is 1.57. The molecule has 0 spiro atoms. The minimum absolute atomic E-state index is 0.0644. The third-order valence-corrected chi connectivity index (χ3v) is 5.61. The molecule has 2 aromatic heterocycles. The highest BCUT2D eigenvalue weighted by Crippen LogP contribution is 2.20. The SMILES string of the molecule is CCn1c(CC(=O)Nc2cccc(OC)c2)nnc1SCC(=O)Nc1nnc(C)s1. The van der Waals surface area contributed by atoms with Gasteiger partial charge in [-0.15, -0.1) is 20.4 Å². The maximum Gasteiger partial charge on any atom is 0.236 e. The number of anilines is 2. The maximum atomic E-state index is 12.4. The van der Waals surface area contributed by atoms with Crippen LogP contribution >= 0.6 is 23.1 Å². The van der Waals surface area contributed by atoms with Crippen LogP contribution in [0.5, 0.6) is 5.75 Å². The number of ether oxygens (including phenoxy) is 1. The predicted molar refractivity (Wildman–Crippen MR) is 115 cm³/mol. The minimum atomic E-state index is -0.216. The van der Waals surface area contributed by atoms with Crippen LogP contribution in [0.2, 0.25) is 0 Å². The number of aryl methyl sites for hydroxylation is 1. The molecular formula is C18H21N7O3S2. The standard InChI is InChI=1S/C18H21N7O3S2/c1-4-25-14(9-15(26)19-12-6-5-7-13(8-12)28-3)22-24-18(25)29-10-16(27)20-17-23-21-11(2)30-17/h5-8H,4,9-10H2,1-3H3,(H,19,26)(H,20,23,27). The molecule has 0 fully saturated rings.